The largest absolute Gasteiger partial charge is 0.369 e. The highest BCUT2D eigenvalue weighted by Gasteiger charge is 2.27. The number of benzene rings is 2. The SMILES string of the molecule is Cc1cc2c(cc1Cl)SC(/N=C(/N)Nc1ccc3c(ccc(=O)n3C)c1)=NS2(=O)=O. The number of anilines is 1. The minimum atomic E-state index is -3.90. The van der Waals surface area contributed by atoms with E-state index >= 15 is 0 Å². The maximum Gasteiger partial charge on any atom is 0.285 e. The summed E-state index contributed by atoms with van der Waals surface area (Å²) in [4.78, 5) is 16.4. The van der Waals surface area contributed by atoms with Gasteiger partial charge in [0.15, 0.2) is 5.96 Å². The lowest BCUT2D eigenvalue weighted by atomic mass is 10.2. The number of aryl methyl sites for hydroxylation is 2. The number of hydrogen-bond donors (Lipinski definition) is 2. The van der Waals surface area contributed by atoms with E-state index in [1.54, 1.807) is 42.8 Å². The van der Waals surface area contributed by atoms with Crippen LogP contribution >= 0.6 is 23.4 Å². The molecular formula is C19H16ClN5O3S2. The molecule has 2 aromatic carbocycles. The Morgan fingerprint density at radius 1 is 1.23 bits per heavy atom. The fraction of sp³-hybridized carbons (Fsp3) is 0.105. The molecule has 3 N–H and O–H groups in total. The summed E-state index contributed by atoms with van der Waals surface area (Å²) in [6, 6.07) is 11.6. The van der Waals surface area contributed by atoms with Crippen molar-refractivity contribution >= 4 is 61.1 Å². The number of amidine groups is 1. The lowest BCUT2D eigenvalue weighted by Gasteiger charge is -2.15. The molecule has 1 aromatic heterocycles. The third-order valence-electron chi connectivity index (χ3n) is 4.52. The second-order valence-electron chi connectivity index (χ2n) is 6.63. The van der Waals surface area contributed by atoms with E-state index in [9.17, 15) is 13.2 Å². The summed E-state index contributed by atoms with van der Waals surface area (Å²) in [5, 5.41) is 4.19. The number of aliphatic imine (C=N–C) groups is 1. The van der Waals surface area contributed by atoms with Gasteiger partial charge in [-0.2, -0.15) is 13.4 Å². The lowest BCUT2D eigenvalue weighted by molar-refractivity contribution is 0.595. The molecule has 0 bridgehead atoms. The van der Waals surface area contributed by atoms with Gasteiger partial charge in [0, 0.05) is 34.1 Å². The van der Waals surface area contributed by atoms with Crippen molar-refractivity contribution in [2.75, 3.05) is 5.32 Å². The van der Waals surface area contributed by atoms with E-state index in [2.05, 4.69) is 14.7 Å². The summed E-state index contributed by atoms with van der Waals surface area (Å²) >= 11 is 7.19. The van der Waals surface area contributed by atoms with Crippen molar-refractivity contribution in [1.82, 2.24) is 4.57 Å². The molecule has 0 amide bonds. The monoisotopic (exact) mass is 461 g/mol. The van der Waals surface area contributed by atoms with Crippen LogP contribution in [0.2, 0.25) is 5.02 Å². The number of nitrogens with one attached hydrogen (secondary N) is 1. The van der Waals surface area contributed by atoms with E-state index in [1.165, 1.54) is 12.1 Å². The van der Waals surface area contributed by atoms with Gasteiger partial charge in [-0.05, 0) is 60.6 Å². The van der Waals surface area contributed by atoms with Gasteiger partial charge in [-0.3, -0.25) is 4.79 Å². The summed E-state index contributed by atoms with van der Waals surface area (Å²) in [5.41, 5.74) is 7.91. The Morgan fingerprint density at radius 3 is 2.77 bits per heavy atom. The quantitative estimate of drug-likeness (QED) is 0.424. The highest BCUT2D eigenvalue weighted by atomic mass is 35.5. The number of sulfonamides is 1. The zero-order valence-corrected chi connectivity index (χ0v) is 18.3. The van der Waals surface area contributed by atoms with E-state index in [4.69, 9.17) is 17.3 Å². The van der Waals surface area contributed by atoms with Crippen LogP contribution in [-0.2, 0) is 17.1 Å². The molecular weight excluding hydrogens is 446 g/mol. The van der Waals surface area contributed by atoms with Crippen LogP contribution in [-0.4, -0.2) is 24.1 Å². The van der Waals surface area contributed by atoms with Gasteiger partial charge < -0.3 is 15.6 Å². The van der Waals surface area contributed by atoms with Gasteiger partial charge >= 0.3 is 0 Å². The summed E-state index contributed by atoms with van der Waals surface area (Å²) in [6.45, 7) is 1.73. The van der Waals surface area contributed by atoms with Crippen LogP contribution in [0.15, 0.2) is 66.4 Å². The normalized spacial score (nSPS) is 15.6. The lowest BCUT2D eigenvalue weighted by Crippen LogP contribution is -2.24. The molecule has 3 aromatic rings. The number of nitrogens with two attached hydrogens (primary N) is 1. The number of fused-ring (bicyclic) bond motifs is 2. The van der Waals surface area contributed by atoms with E-state index < -0.39 is 10.0 Å². The second-order valence-corrected chi connectivity index (χ2v) is 9.61. The van der Waals surface area contributed by atoms with Crippen molar-refractivity contribution in [3.63, 3.8) is 0 Å². The maximum atomic E-state index is 12.5. The minimum Gasteiger partial charge on any atom is -0.369 e. The van der Waals surface area contributed by atoms with Gasteiger partial charge in [0.05, 0.1) is 5.52 Å². The van der Waals surface area contributed by atoms with Crippen molar-refractivity contribution < 1.29 is 8.42 Å². The van der Waals surface area contributed by atoms with E-state index in [1.807, 2.05) is 6.07 Å². The zero-order valence-electron chi connectivity index (χ0n) is 15.9. The minimum absolute atomic E-state index is 0.0180. The first-order chi connectivity index (χ1) is 14.1. The molecule has 2 heterocycles. The molecule has 0 atom stereocenters. The predicted octanol–water partition coefficient (Wildman–Crippen LogP) is 3.08. The van der Waals surface area contributed by atoms with Gasteiger partial charge in [-0.25, -0.2) is 0 Å². The Bertz CT molecular complexity index is 1430. The molecule has 30 heavy (non-hydrogen) atoms. The van der Waals surface area contributed by atoms with Gasteiger partial charge in [0.2, 0.25) is 5.17 Å². The average molecular weight is 462 g/mol. The van der Waals surface area contributed by atoms with Gasteiger partial charge in [0.1, 0.15) is 4.90 Å². The Hall–Kier alpha value is -2.82. The van der Waals surface area contributed by atoms with Crippen LogP contribution in [0.3, 0.4) is 0 Å². The third kappa shape index (κ3) is 3.81. The molecule has 1 aliphatic heterocycles. The van der Waals surface area contributed by atoms with Crippen LogP contribution in [0.1, 0.15) is 5.56 Å². The number of pyridine rings is 1. The first-order valence-electron chi connectivity index (χ1n) is 8.68. The number of aromatic nitrogens is 1. The molecule has 1 aliphatic rings. The molecule has 0 unspecified atom stereocenters. The molecule has 0 radical (unpaired) electrons. The maximum absolute atomic E-state index is 12.5. The second kappa shape index (κ2) is 7.46. The van der Waals surface area contributed by atoms with E-state index in [0.717, 1.165) is 22.7 Å². The summed E-state index contributed by atoms with van der Waals surface area (Å²) in [6.07, 6.45) is 0. The molecule has 0 fully saturated rings. The van der Waals surface area contributed by atoms with Crippen molar-refractivity contribution in [1.29, 1.82) is 0 Å². The molecule has 4 rings (SSSR count). The fourth-order valence-electron chi connectivity index (χ4n) is 2.97. The van der Waals surface area contributed by atoms with Crippen molar-refractivity contribution in [2.45, 2.75) is 16.7 Å². The molecule has 11 heteroatoms. The Morgan fingerprint density at radius 2 is 2.00 bits per heavy atom. The van der Waals surface area contributed by atoms with E-state index in [-0.39, 0.29) is 21.6 Å². The fourth-order valence-corrected chi connectivity index (χ4v) is 5.75. The highest BCUT2D eigenvalue weighted by molar-refractivity contribution is 8.15. The van der Waals surface area contributed by atoms with Crippen molar-refractivity contribution in [3.05, 3.63) is 63.4 Å². The average Bonchev–Trinajstić information content (AvgIpc) is 2.66. The molecule has 0 aliphatic carbocycles. The van der Waals surface area contributed by atoms with Crippen molar-refractivity contribution in [2.24, 2.45) is 22.2 Å². The van der Waals surface area contributed by atoms with Gasteiger partial charge in [-0.15, -0.1) is 4.40 Å². The summed E-state index contributed by atoms with van der Waals surface area (Å²) in [7, 11) is -2.21. The summed E-state index contributed by atoms with van der Waals surface area (Å²) < 4.78 is 30.3. The Balaban J connectivity index is 1.63. The number of hydrogen-bond acceptors (Lipinski definition) is 5. The van der Waals surface area contributed by atoms with Crippen LogP contribution in [0.5, 0.6) is 0 Å². The van der Waals surface area contributed by atoms with Crippen LogP contribution in [0, 0.1) is 6.92 Å². The topological polar surface area (TPSA) is 119 Å². The summed E-state index contributed by atoms with van der Waals surface area (Å²) in [5.74, 6) is -0.0257. The molecule has 0 saturated carbocycles. The number of halogens is 1. The smallest absolute Gasteiger partial charge is 0.285 e. The highest BCUT2D eigenvalue weighted by Crippen LogP contribution is 2.37. The first kappa shape index (κ1) is 20.5. The van der Waals surface area contributed by atoms with Gasteiger partial charge in [-0.1, -0.05) is 11.6 Å². The first-order valence-corrected chi connectivity index (χ1v) is 11.3. The van der Waals surface area contributed by atoms with Crippen molar-refractivity contribution in [3.8, 4) is 0 Å². The van der Waals surface area contributed by atoms with E-state index in [0.29, 0.717) is 21.2 Å². The standard InChI is InChI=1S/C19H16ClN5O3S2/c1-10-7-16-15(9-13(10)20)29-19(24-30(16,27)28)23-18(21)22-12-4-5-14-11(8-12)3-6-17(26)25(14)2/h3-9H,1-2H3,(H3,21,22,23,24). The Kier molecular flexibility index (Phi) is 5.08. The van der Waals surface area contributed by atoms with Gasteiger partial charge in [0.25, 0.3) is 15.6 Å². The zero-order chi connectivity index (χ0) is 21.6. The van der Waals surface area contributed by atoms with Crippen LogP contribution in [0.4, 0.5) is 5.69 Å². The molecule has 0 saturated heterocycles. The number of nitrogens with zero attached hydrogens (tertiary/aromatic N) is 3. The van der Waals surface area contributed by atoms with Crippen LogP contribution in [0.25, 0.3) is 10.9 Å². The Labute approximate surface area is 181 Å². The number of thioether (sulfide) groups is 1. The molecule has 8 nitrogen and oxygen atoms in total. The molecule has 0 spiro atoms. The predicted molar refractivity (Wildman–Crippen MR) is 121 cm³/mol. The number of guanidine groups is 1. The third-order valence-corrected chi connectivity index (χ3v) is 7.40. The van der Waals surface area contributed by atoms with Crippen LogP contribution < -0.4 is 16.6 Å². The number of rotatable bonds is 1. The molecule has 154 valence electrons.